The van der Waals surface area contributed by atoms with Crippen molar-refractivity contribution in [3.63, 3.8) is 0 Å². The van der Waals surface area contributed by atoms with Gasteiger partial charge in [-0.3, -0.25) is 9.59 Å². The van der Waals surface area contributed by atoms with Crippen molar-refractivity contribution in [1.29, 1.82) is 0 Å². The highest BCUT2D eigenvalue weighted by atomic mass is 19.1. The van der Waals surface area contributed by atoms with Crippen LogP contribution in [0.3, 0.4) is 0 Å². The minimum atomic E-state index is -0.611. The first kappa shape index (κ1) is 17.4. The third kappa shape index (κ3) is 4.30. The van der Waals surface area contributed by atoms with Crippen molar-refractivity contribution < 1.29 is 18.7 Å². The molecule has 0 fully saturated rings. The number of amides is 2. The minimum absolute atomic E-state index is 0.0696. The lowest BCUT2D eigenvalue weighted by atomic mass is 10.2. The molecule has 0 saturated carbocycles. The van der Waals surface area contributed by atoms with Crippen molar-refractivity contribution in [2.45, 2.75) is 6.42 Å². The first-order valence-corrected chi connectivity index (χ1v) is 7.29. The molecule has 0 aliphatic carbocycles. The molecule has 0 radical (unpaired) electrons. The number of carbonyl (C=O) groups is 2. The molecule has 6 nitrogen and oxygen atoms in total. The molecule has 2 rings (SSSR count). The van der Waals surface area contributed by atoms with Crippen LogP contribution in [0.2, 0.25) is 0 Å². The summed E-state index contributed by atoms with van der Waals surface area (Å²) in [6.07, 6.45) is 0.202. The van der Waals surface area contributed by atoms with Crippen LogP contribution < -0.4 is 21.1 Å². The molecule has 2 aromatic carbocycles. The molecule has 4 N–H and O–H groups in total. The molecule has 0 saturated heterocycles. The van der Waals surface area contributed by atoms with E-state index in [2.05, 4.69) is 10.6 Å². The Hall–Kier alpha value is -2.93. The standard InChI is InChI=1S/C17H18FN3O3/c1-24-15-10-11(20-16(22)8-9-19)6-7-14(15)21-17(23)12-4-2-3-5-13(12)18/h2-7,10H,8-9,19H2,1H3,(H,20,22)(H,21,23). The van der Waals surface area contributed by atoms with Gasteiger partial charge in [0.05, 0.1) is 18.4 Å². The molecule has 2 amide bonds. The van der Waals surface area contributed by atoms with Crippen LogP contribution in [0.5, 0.6) is 5.75 Å². The van der Waals surface area contributed by atoms with E-state index in [0.717, 1.165) is 0 Å². The number of nitrogens with one attached hydrogen (secondary N) is 2. The molecule has 0 aliphatic rings. The Bertz CT molecular complexity index is 750. The minimum Gasteiger partial charge on any atom is -0.494 e. The van der Waals surface area contributed by atoms with Crippen molar-refractivity contribution >= 4 is 23.2 Å². The predicted octanol–water partition coefficient (Wildman–Crippen LogP) is 2.37. The van der Waals surface area contributed by atoms with E-state index in [-0.39, 0.29) is 24.4 Å². The zero-order valence-corrected chi connectivity index (χ0v) is 13.1. The van der Waals surface area contributed by atoms with Crippen LogP contribution in [0.25, 0.3) is 0 Å². The van der Waals surface area contributed by atoms with E-state index in [1.54, 1.807) is 24.3 Å². The van der Waals surface area contributed by atoms with Crippen LogP contribution in [0.15, 0.2) is 42.5 Å². The van der Waals surface area contributed by atoms with Crippen molar-refractivity contribution in [3.05, 3.63) is 53.8 Å². The fourth-order valence-corrected chi connectivity index (χ4v) is 2.06. The normalized spacial score (nSPS) is 10.1. The Morgan fingerprint density at radius 1 is 1.17 bits per heavy atom. The molecule has 0 heterocycles. The second-order valence-electron chi connectivity index (χ2n) is 4.94. The van der Waals surface area contributed by atoms with Gasteiger partial charge in [-0.2, -0.15) is 0 Å². The summed E-state index contributed by atoms with van der Waals surface area (Å²) in [7, 11) is 1.43. The molecule has 0 bridgehead atoms. The second kappa shape index (κ2) is 8.07. The maximum absolute atomic E-state index is 13.7. The predicted molar refractivity (Wildman–Crippen MR) is 89.6 cm³/mol. The Morgan fingerprint density at radius 2 is 1.92 bits per heavy atom. The Kier molecular flexibility index (Phi) is 5.86. The number of methoxy groups -OCH3 is 1. The van der Waals surface area contributed by atoms with Crippen LogP contribution in [-0.2, 0) is 4.79 Å². The van der Waals surface area contributed by atoms with Gasteiger partial charge in [-0.05, 0) is 24.3 Å². The number of hydrogen-bond acceptors (Lipinski definition) is 4. The zero-order valence-electron chi connectivity index (χ0n) is 13.1. The smallest absolute Gasteiger partial charge is 0.258 e. The number of rotatable bonds is 6. The maximum atomic E-state index is 13.7. The summed E-state index contributed by atoms with van der Waals surface area (Å²) >= 11 is 0. The number of anilines is 2. The van der Waals surface area contributed by atoms with Gasteiger partial charge in [0.25, 0.3) is 5.91 Å². The Morgan fingerprint density at radius 3 is 2.58 bits per heavy atom. The van der Waals surface area contributed by atoms with E-state index in [1.165, 1.54) is 25.3 Å². The number of ether oxygens (including phenoxy) is 1. The highest BCUT2D eigenvalue weighted by Gasteiger charge is 2.14. The van der Waals surface area contributed by atoms with Crippen LogP contribution in [0.4, 0.5) is 15.8 Å². The summed E-state index contributed by atoms with van der Waals surface area (Å²) in [5.74, 6) is -1.08. The van der Waals surface area contributed by atoms with Gasteiger partial charge in [0.15, 0.2) is 0 Å². The van der Waals surface area contributed by atoms with Gasteiger partial charge < -0.3 is 21.1 Å². The van der Waals surface area contributed by atoms with Crippen molar-refractivity contribution in [2.24, 2.45) is 5.73 Å². The Labute approximate surface area is 138 Å². The van der Waals surface area contributed by atoms with E-state index in [4.69, 9.17) is 10.5 Å². The molecular weight excluding hydrogens is 313 g/mol. The molecule has 24 heavy (non-hydrogen) atoms. The van der Waals surface area contributed by atoms with Gasteiger partial charge in [-0.25, -0.2) is 4.39 Å². The molecule has 126 valence electrons. The summed E-state index contributed by atoms with van der Waals surface area (Å²) < 4.78 is 18.9. The summed E-state index contributed by atoms with van der Waals surface area (Å²) in [5, 5.41) is 5.25. The maximum Gasteiger partial charge on any atom is 0.258 e. The number of hydrogen-bond donors (Lipinski definition) is 3. The van der Waals surface area contributed by atoms with Crippen molar-refractivity contribution in [1.82, 2.24) is 0 Å². The van der Waals surface area contributed by atoms with E-state index in [0.29, 0.717) is 17.1 Å². The van der Waals surface area contributed by atoms with E-state index >= 15 is 0 Å². The lowest BCUT2D eigenvalue weighted by Crippen LogP contribution is -2.17. The lowest BCUT2D eigenvalue weighted by molar-refractivity contribution is -0.116. The third-order valence-electron chi connectivity index (χ3n) is 3.22. The molecule has 0 aromatic heterocycles. The molecule has 7 heteroatoms. The molecular formula is C17H18FN3O3. The highest BCUT2D eigenvalue weighted by Crippen LogP contribution is 2.28. The van der Waals surface area contributed by atoms with Gasteiger partial charge in [0, 0.05) is 24.7 Å². The van der Waals surface area contributed by atoms with E-state index in [9.17, 15) is 14.0 Å². The zero-order chi connectivity index (χ0) is 17.5. The van der Waals surface area contributed by atoms with Gasteiger partial charge in [-0.15, -0.1) is 0 Å². The second-order valence-corrected chi connectivity index (χ2v) is 4.94. The summed E-state index contributed by atoms with van der Waals surface area (Å²) in [4.78, 5) is 23.7. The van der Waals surface area contributed by atoms with E-state index < -0.39 is 11.7 Å². The Balaban J connectivity index is 2.17. The highest BCUT2D eigenvalue weighted by molar-refractivity contribution is 6.05. The van der Waals surface area contributed by atoms with Gasteiger partial charge >= 0.3 is 0 Å². The first-order valence-electron chi connectivity index (χ1n) is 7.29. The van der Waals surface area contributed by atoms with Gasteiger partial charge in [-0.1, -0.05) is 12.1 Å². The largest absolute Gasteiger partial charge is 0.494 e. The topological polar surface area (TPSA) is 93.4 Å². The molecule has 0 atom stereocenters. The van der Waals surface area contributed by atoms with Crippen molar-refractivity contribution in [3.8, 4) is 5.75 Å². The van der Waals surface area contributed by atoms with Crippen LogP contribution >= 0.6 is 0 Å². The monoisotopic (exact) mass is 331 g/mol. The van der Waals surface area contributed by atoms with Crippen LogP contribution in [0.1, 0.15) is 16.8 Å². The van der Waals surface area contributed by atoms with Gasteiger partial charge in [0.2, 0.25) is 5.91 Å². The fraction of sp³-hybridized carbons (Fsp3) is 0.176. The fourth-order valence-electron chi connectivity index (χ4n) is 2.06. The quantitative estimate of drug-likeness (QED) is 0.757. The molecule has 2 aromatic rings. The SMILES string of the molecule is COc1cc(NC(=O)CCN)ccc1NC(=O)c1ccccc1F. The van der Waals surface area contributed by atoms with Crippen molar-refractivity contribution in [2.75, 3.05) is 24.3 Å². The third-order valence-corrected chi connectivity index (χ3v) is 3.22. The number of nitrogens with two attached hydrogens (primary N) is 1. The van der Waals surface area contributed by atoms with Crippen LogP contribution in [-0.4, -0.2) is 25.5 Å². The number of benzene rings is 2. The number of halogens is 1. The summed E-state index contributed by atoms with van der Waals surface area (Å²) in [6.45, 7) is 0.250. The summed E-state index contributed by atoms with van der Waals surface area (Å²) in [6, 6.07) is 10.4. The molecule has 0 aliphatic heterocycles. The summed E-state index contributed by atoms with van der Waals surface area (Å²) in [5.41, 5.74) is 6.12. The lowest BCUT2D eigenvalue weighted by Gasteiger charge is -2.13. The van der Waals surface area contributed by atoms with Crippen LogP contribution in [0, 0.1) is 5.82 Å². The molecule has 0 unspecified atom stereocenters. The molecule has 0 spiro atoms. The first-order chi connectivity index (χ1) is 11.5. The van der Waals surface area contributed by atoms with E-state index in [1.807, 2.05) is 0 Å². The number of carbonyl (C=O) groups excluding carboxylic acids is 2. The average Bonchev–Trinajstić information content (AvgIpc) is 2.56. The van der Waals surface area contributed by atoms with Gasteiger partial charge in [0.1, 0.15) is 11.6 Å². The average molecular weight is 331 g/mol.